The number of fused-ring (bicyclic) bond motifs is 1. The van der Waals surface area contributed by atoms with Crippen LogP contribution in [-0.2, 0) is 6.54 Å². The number of aryl methyl sites for hydroxylation is 3. The molecule has 0 amide bonds. The largest absolute Gasteiger partial charge is 0.334 e. The highest BCUT2D eigenvalue weighted by Crippen LogP contribution is 2.24. The molecule has 0 saturated heterocycles. The first-order valence-corrected chi connectivity index (χ1v) is 7.70. The van der Waals surface area contributed by atoms with Gasteiger partial charge in [0.2, 0.25) is 0 Å². The highest BCUT2D eigenvalue weighted by molar-refractivity contribution is 5.79. The van der Waals surface area contributed by atoms with E-state index in [2.05, 4.69) is 57.7 Å². The molecular weight excluding hydrogens is 288 g/mol. The summed E-state index contributed by atoms with van der Waals surface area (Å²) in [6, 6.07) is 8.29. The molecule has 3 aromatic heterocycles. The van der Waals surface area contributed by atoms with Crippen LogP contribution < -0.4 is 0 Å². The van der Waals surface area contributed by atoms with Gasteiger partial charge in [-0.3, -0.25) is 0 Å². The van der Waals surface area contributed by atoms with Crippen LogP contribution in [0.2, 0.25) is 0 Å². The Bertz CT molecular complexity index is 971. The van der Waals surface area contributed by atoms with Crippen molar-refractivity contribution in [1.82, 2.24) is 29.3 Å². The third-order valence-corrected chi connectivity index (χ3v) is 4.07. The van der Waals surface area contributed by atoms with Crippen molar-refractivity contribution in [2.45, 2.75) is 27.3 Å². The minimum Gasteiger partial charge on any atom is -0.334 e. The Balaban J connectivity index is 1.89. The van der Waals surface area contributed by atoms with Crippen LogP contribution >= 0.6 is 0 Å². The molecule has 3 heterocycles. The predicted octanol–water partition coefficient (Wildman–Crippen LogP) is 3.25. The lowest BCUT2D eigenvalue weighted by molar-refractivity contribution is 0.764. The van der Waals surface area contributed by atoms with Crippen LogP contribution in [-0.4, -0.2) is 29.3 Å². The normalized spacial score (nSPS) is 11.4. The van der Waals surface area contributed by atoms with E-state index in [0.717, 1.165) is 40.6 Å². The van der Waals surface area contributed by atoms with E-state index in [0.29, 0.717) is 0 Å². The summed E-state index contributed by atoms with van der Waals surface area (Å²) in [6.07, 6.45) is 3.65. The van der Waals surface area contributed by atoms with Gasteiger partial charge in [-0.25, -0.2) is 14.6 Å². The number of nitrogens with one attached hydrogen (secondary N) is 1. The van der Waals surface area contributed by atoms with E-state index in [1.165, 1.54) is 5.56 Å². The van der Waals surface area contributed by atoms with Crippen molar-refractivity contribution in [3.8, 4) is 17.2 Å². The van der Waals surface area contributed by atoms with Gasteiger partial charge in [-0.1, -0.05) is 17.7 Å². The maximum atomic E-state index is 4.77. The number of nitrogens with zero attached hydrogens (tertiary/aromatic N) is 5. The Morgan fingerprint density at radius 3 is 2.65 bits per heavy atom. The number of aromatic amines is 1. The van der Waals surface area contributed by atoms with Crippen LogP contribution in [0.15, 0.2) is 36.8 Å². The molecule has 0 saturated carbocycles. The number of imidazole rings is 2. The summed E-state index contributed by atoms with van der Waals surface area (Å²) in [6.45, 7) is 7.01. The molecule has 0 fully saturated rings. The second-order valence-corrected chi connectivity index (χ2v) is 5.68. The monoisotopic (exact) mass is 306 g/mol. The predicted molar refractivity (Wildman–Crippen MR) is 89.6 cm³/mol. The van der Waals surface area contributed by atoms with Crippen LogP contribution in [0.4, 0.5) is 0 Å². The first-order valence-electron chi connectivity index (χ1n) is 7.70. The zero-order valence-electron chi connectivity index (χ0n) is 13.4. The van der Waals surface area contributed by atoms with E-state index >= 15 is 0 Å². The minimum absolute atomic E-state index is 0.820. The SMILES string of the molecule is CCn1cncc1-c1nc2c([nH]1)c(C)nn2-c1ccc(C)cc1. The molecule has 4 rings (SSSR count). The van der Waals surface area contributed by atoms with Crippen LogP contribution in [0.1, 0.15) is 18.2 Å². The smallest absolute Gasteiger partial charge is 0.181 e. The highest BCUT2D eigenvalue weighted by atomic mass is 15.3. The fourth-order valence-electron chi connectivity index (χ4n) is 2.77. The number of benzene rings is 1. The summed E-state index contributed by atoms with van der Waals surface area (Å²) >= 11 is 0. The molecule has 0 aliphatic carbocycles. The summed E-state index contributed by atoms with van der Waals surface area (Å²) in [5.41, 5.74) is 5.95. The summed E-state index contributed by atoms with van der Waals surface area (Å²) in [5.74, 6) is 0.820. The van der Waals surface area contributed by atoms with Crippen molar-refractivity contribution in [1.29, 1.82) is 0 Å². The van der Waals surface area contributed by atoms with Gasteiger partial charge >= 0.3 is 0 Å². The van der Waals surface area contributed by atoms with Gasteiger partial charge in [0.15, 0.2) is 11.5 Å². The van der Waals surface area contributed by atoms with Crippen LogP contribution in [0.3, 0.4) is 0 Å². The molecule has 0 bridgehead atoms. The van der Waals surface area contributed by atoms with Crippen molar-refractivity contribution in [3.63, 3.8) is 0 Å². The molecule has 1 aromatic carbocycles. The molecular formula is C17H18N6. The molecule has 4 aromatic rings. The Morgan fingerprint density at radius 1 is 1.13 bits per heavy atom. The van der Waals surface area contributed by atoms with Crippen LogP contribution in [0, 0.1) is 13.8 Å². The molecule has 0 radical (unpaired) electrons. The van der Waals surface area contributed by atoms with E-state index < -0.39 is 0 Å². The molecule has 0 unspecified atom stereocenters. The van der Waals surface area contributed by atoms with Crippen LogP contribution in [0.5, 0.6) is 0 Å². The third kappa shape index (κ3) is 2.14. The second kappa shape index (κ2) is 5.08. The summed E-state index contributed by atoms with van der Waals surface area (Å²) in [5, 5.41) is 4.62. The van der Waals surface area contributed by atoms with Crippen LogP contribution in [0.25, 0.3) is 28.4 Å². The van der Waals surface area contributed by atoms with E-state index in [4.69, 9.17) is 4.98 Å². The average Bonchev–Trinajstić information content (AvgIpc) is 3.24. The Kier molecular flexibility index (Phi) is 3.04. The summed E-state index contributed by atoms with van der Waals surface area (Å²) in [4.78, 5) is 12.4. The van der Waals surface area contributed by atoms with Gasteiger partial charge in [0.05, 0.1) is 23.9 Å². The second-order valence-electron chi connectivity index (χ2n) is 5.68. The number of aromatic nitrogens is 6. The Labute approximate surface area is 133 Å². The van der Waals surface area contributed by atoms with Gasteiger partial charge in [0.25, 0.3) is 0 Å². The van der Waals surface area contributed by atoms with Gasteiger partial charge in [-0.2, -0.15) is 5.10 Å². The van der Waals surface area contributed by atoms with Crippen molar-refractivity contribution in [2.75, 3.05) is 0 Å². The topological polar surface area (TPSA) is 64.3 Å². The fourth-order valence-corrected chi connectivity index (χ4v) is 2.77. The molecule has 0 aliphatic heterocycles. The fraction of sp³-hybridized carbons (Fsp3) is 0.235. The molecule has 0 atom stereocenters. The molecule has 23 heavy (non-hydrogen) atoms. The molecule has 0 aliphatic rings. The summed E-state index contributed by atoms with van der Waals surface area (Å²) in [7, 11) is 0. The Morgan fingerprint density at radius 2 is 1.91 bits per heavy atom. The molecule has 6 heteroatoms. The first kappa shape index (κ1) is 13.8. The van der Waals surface area contributed by atoms with Crippen molar-refractivity contribution in [2.24, 2.45) is 0 Å². The van der Waals surface area contributed by atoms with Gasteiger partial charge in [-0.15, -0.1) is 0 Å². The lowest BCUT2D eigenvalue weighted by atomic mass is 10.2. The zero-order valence-corrected chi connectivity index (χ0v) is 13.4. The Hall–Kier alpha value is -2.89. The molecule has 6 nitrogen and oxygen atoms in total. The number of hydrogen-bond acceptors (Lipinski definition) is 3. The first-order chi connectivity index (χ1) is 11.2. The average molecular weight is 306 g/mol. The van der Waals surface area contributed by atoms with Gasteiger partial charge in [0, 0.05) is 6.54 Å². The molecule has 116 valence electrons. The maximum absolute atomic E-state index is 4.77. The summed E-state index contributed by atoms with van der Waals surface area (Å²) < 4.78 is 3.95. The molecule has 1 N–H and O–H groups in total. The third-order valence-electron chi connectivity index (χ3n) is 4.07. The number of rotatable bonds is 3. The van der Waals surface area contributed by atoms with Gasteiger partial charge in [0.1, 0.15) is 11.2 Å². The van der Waals surface area contributed by atoms with E-state index in [9.17, 15) is 0 Å². The van der Waals surface area contributed by atoms with Crippen molar-refractivity contribution in [3.05, 3.63) is 48.0 Å². The standard InChI is InChI=1S/C17H18N6/c1-4-22-10-18-9-14(22)16-19-15-12(3)21-23(17(15)20-16)13-7-5-11(2)6-8-13/h5-10H,4H2,1-3H3,(H,19,20). The van der Waals surface area contributed by atoms with E-state index in [-0.39, 0.29) is 0 Å². The zero-order chi connectivity index (χ0) is 16.0. The highest BCUT2D eigenvalue weighted by Gasteiger charge is 2.16. The quantitative estimate of drug-likeness (QED) is 0.632. The maximum Gasteiger partial charge on any atom is 0.181 e. The van der Waals surface area contributed by atoms with Gasteiger partial charge < -0.3 is 9.55 Å². The van der Waals surface area contributed by atoms with Crippen molar-refractivity contribution < 1.29 is 0 Å². The van der Waals surface area contributed by atoms with E-state index in [1.807, 2.05) is 24.1 Å². The van der Waals surface area contributed by atoms with E-state index in [1.54, 1.807) is 0 Å². The number of hydrogen-bond donors (Lipinski definition) is 1. The molecule has 0 spiro atoms. The lowest BCUT2D eigenvalue weighted by Gasteiger charge is -2.03. The van der Waals surface area contributed by atoms with Gasteiger partial charge in [-0.05, 0) is 32.9 Å². The minimum atomic E-state index is 0.820. The number of H-pyrrole nitrogens is 1. The van der Waals surface area contributed by atoms with Crippen molar-refractivity contribution >= 4 is 11.2 Å². The lowest BCUT2D eigenvalue weighted by Crippen LogP contribution is -1.99.